The van der Waals surface area contributed by atoms with Crippen LogP contribution in [0.4, 0.5) is 5.69 Å². The van der Waals surface area contributed by atoms with E-state index in [9.17, 15) is 0 Å². The van der Waals surface area contributed by atoms with Crippen LogP contribution >= 0.6 is 35.4 Å². The Balaban J connectivity index is 1.70. The molecule has 0 aliphatic carbocycles. The summed E-state index contributed by atoms with van der Waals surface area (Å²) in [4.78, 5) is 6.83. The van der Waals surface area contributed by atoms with Crippen molar-refractivity contribution in [3.05, 3.63) is 112 Å². The second-order valence-corrected chi connectivity index (χ2v) is 9.47. The third-order valence-electron chi connectivity index (χ3n) is 5.84. The van der Waals surface area contributed by atoms with Gasteiger partial charge in [-0.05, 0) is 91.8 Å². The summed E-state index contributed by atoms with van der Waals surface area (Å²) >= 11 is 18.6. The number of anilines is 1. The van der Waals surface area contributed by atoms with Gasteiger partial charge in [0, 0.05) is 28.8 Å². The topological polar surface area (TPSA) is 33.1 Å². The van der Waals surface area contributed by atoms with Crippen LogP contribution in [0.1, 0.15) is 34.6 Å². The monoisotopic (exact) mass is 492 g/mol. The Morgan fingerprint density at radius 1 is 0.939 bits per heavy atom. The number of benzene rings is 2. The van der Waals surface area contributed by atoms with E-state index in [0.717, 1.165) is 22.8 Å². The van der Waals surface area contributed by atoms with Gasteiger partial charge in [-0.1, -0.05) is 35.3 Å². The van der Waals surface area contributed by atoms with Crippen molar-refractivity contribution in [3.8, 4) is 5.69 Å². The predicted molar refractivity (Wildman–Crippen MR) is 140 cm³/mol. The van der Waals surface area contributed by atoms with Gasteiger partial charge < -0.3 is 14.8 Å². The number of hydrogen-bond donors (Lipinski definition) is 1. The number of aryl methyl sites for hydroxylation is 2. The SMILES string of the molecule is Cc1cc(C)cc(N2C(=S)NC(c3ccccn3)C2c2cccn2-c2ccc(Cl)cc2Cl)c1. The standard InChI is InChI=1S/C26H22Cl2N4S/c1-16-12-17(2)14-19(13-16)32-25(24(30-26(32)33)21-6-3-4-10-29-21)23-7-5-11-31(23)22-9-8-18(27)15-20(22)28/h3-15,24-25H,1-2H3,(H,30,33). The molecule has 1 saturated heterocycles. The zero-order valence-corrected chi connectivity index (χ0v) is 20.5. The fraction of sp³-hybridized carbons (Fsp3) is 0.154. The van der Waals surface area contributed by atoms with Gasteiger partial charge >= 0.3 is 0 Å². The quantitative estimate of drug-likeness (QED) is 0.311. The van der Waals surface area contributed by atoms with E-state index in [-0.39, 0.29) is 12.1 Å². The lowest BCUT2D eigenvalue weighted by Crippen LogP contribution is -2.30. The summed E-state index contributed by atoms with van der Waals surface area (Å²) in [6.07, 6.45) is 3.83. The van der Waals surface area contributed by atoms with Gasteiger partial charge in [-0.15, -0.1) is 0 Å². The summed E-state index contributed by atoms with van der Waals surface area (Å²) < 4.78 is 2.10. The molecule has 0 saturated carbocycles. The van der Waals surface area contributed by atoms with Crippen molar-refractivity contribution in [1.29, 1.82) is 0 Å². The van der Waals surface area contributed by atoms with Crippen molar-refractivity contribution in [2.45, 2.75) is 25.9 Å². The number of rotatable bonds is 4. The smallest absolute Gasteiger partial charge is 0.174 e. The van der Waals surface area contributed by atoms with E-state index in [0.29, 0.717) is 15.2 Å². The molecule has 0 radical (unpaired) electrons. The zero-order valence-electron chi connectivity index (χ0n) is 18.2. The summed E-state index contributed by atoms with van der Waals surface area (Å²) in [5.74, 6) is 0. The van der Waals surface area contributed by atoms with Crippen LogP contribution in [0.15, 0.2) is 79.1 Å². The molecule has 166 valence electrons. The molecule has 1 fully saturated rings. The number of nitrogens with zero attached hydrogens (tertiary/aromatic N) is 3. The van der Waals surface area contributed by atoms with Crippen molar-refractivity contribution < 1.29 is 0 Å². The number of halogens is 2. The molecule has 1 aliphatic rings. The molecule has 1 N–H and O–H groups in total. The number of aromatic nitrogens is 2. The minimum atomic E-state index is -0.143. The van der Waals surface area contributed by atoms with Crippen LogP contribution in [-0.2, 0) is 0 Å². The minimum Gasteiger partial charge on any atom is -0.351 e. The Morgan fingerprint density at radius 2 is 1.73 bits per heavy atom. The van der Waals surface area contributed by atoms with Gasteiger partial charge in [0.1, 0.15) is 6.04 Å². The average Bonchev–Trinajstić information content (AvgIpc) is 3.37. The normalized spacial score (nSPS) is 17.9. The summed E-state index contributed by atoms with van der Waals surface area (Å²) in [7, 11) is 0. The lowest BCUT2D eigenvalue weighted by Gasteiger charge is -2.29. The molecule has 4 nitrogen and oxygen atoms in total. The second kappa shape index (κ2) is 8.82. The van der Waals surface area contributed by atoms with E-state index in [1.807, 2.05) is 48.8 Å². The lowest BCUT2D eigenvalue weighted by atomic mass is 10.00. The molecule has 0 amide bonds. The van der Waals surface area contributed by atoms with Gasteiger partial charge in [0.15, 0.2) is 5.11 Å². The molecule has 2 unspecified atom stereocenters. The highest BCUT2D eigenvalue weighted by atomic mass is 35.5. The fourth-order valence-electron chi connectivity index (χ4n) is 4.55. The van der Waals surface area contributed by atoms with Gasteiger partial charge in [-0.3, -0.25) is 4.98 Å². The molecule has 33 heavy (non-hydrogen) atoms. The van der Waals surface area contributed by atoms with Gasteiger partial charge in [-0.2, -0.15) is 0 Å². The molecule has 7 heteroatoms. The fourth-order valence-corrected chi connectivity index (χ4v) is 5.40. The van der Waals surface area contributed by atoms with E-state index >= 15 is 0 Å². The number of nitrogens with one attached hydrogen (secondary N) is 1. The first-order chi connectivity index (χ1) is 15.9. The summed E-state index contributed by atoms with van der Waals surface area (Å²) in [5, 5.41) is 5.37. The first kappa shape index (κ1) is 22.0. The first-order valence-electron chi connectivity index (χ1n) is 10.6. The molecule has 2 aromatic heterocycles. The van der Waals surface area contributed by atoms with Crippen molar-refractivity contribution in [3.63, 3.8) is 0 Å². The molecule has 0 bridgehead atoms. The maximum absolute atomic E-state index is 6.60. The van der Waals surface area contributed by atoms with Gasteiger partial charge in [-0.25, -0.2) is 0 Å². The van der Waals surface area contributed by atoms with Crippen molar-refractivity contribution in [1.82, 2.24) is 14.9 Å². The Kier molecular flexibility index (Phi) is 5.87. The molecule has 4 aromatic rings. The van der Waals surface area contributed by atoms with Crippen molar-refractivity contribution in [2.24, 2.45) is 0 Å². The number of pyridine rings is 1. The van der Waals surface area contributed by atoms with Crippen LogP contribution in [0.5, 0.6) is 0 Å². The third kappa shape index (κ3) is 4.12. The van der Waals surface area contributed by atoms with Crippen LogP contribution in [0.2, 0.25) is 10.0 Å². The molecule has 1 aliphatic heterocycles. The summed E-state index contributed by atoms with van der Waals surface area (Å²) in [6, 6.07) is 21.8. The van der Waals surface area contributed by atoms with Gasteiger partial charge in [0.2, 0.25) is 0 Å². The van der Waals surface area contributed by atoms with Crippen molar-refractivity contribution >= 4 is 46.2 Å². The van der Waals surface area contributed by atoms with Crippen LogP contribution < -0.4 is 10.2 Å². The zero-order chi connectivity index (χ0) is 23.1. The van der Waals surface area contributed by atoms with Gasteiger partial charge in [0.25, 0.3) is 0 Å². The molecule has 3 heterocycles. The second-order valence-electron chi connectivity index (χ2n) is 8.24. The molecular weight excluding hydrogens is 471 g/mol. The third-order valence-corrected chi connectivity index (χ3v) is 6.69. The van der Waals surface area contributed by atoms with E-state index in [1.54, 1.807) is 6.07 Å². The minimum absolute atomic E-state index is 0.140. The average molecular weight is 493 g/mol. The first-order valence-corrected chi connectivity index (χ1v) is 11.8. The van der Waals surface area contributed by atoms with Crippen LogP contribution in [-0.4, -0.2) is 14.7 Å². The van der Waals surface area contributed by atoms with Crippen molar-refractivity contribution in [2.75, 3.05) is 4.90 Å². The Morgan fingerprint density at radius 3 is 2.42 bits per heavy atom. The molecule has 2 aromatic carbocycles. The molecule has 2 atom stereocenters. The maximum atomic E-state index is 6.60. The van der Waals surface area contributed by atoms with Crippen LogP contribution in [0, 0.1) is 13.8 Å². The lowest BCUT2D eigenvalue weighted by molar-refractivity contribution is 0.549. The Hall–Kier alpha value is -2.86. The highest BCUT2D eigenvalue weighted by molar-refractivity contribution is 7.80. The number of thiocarbonyl (C=S) groups is 1. The van der Waals surface area contributed by atoms with E-state index in [2.05, 4.69) is 57.9 Å². The number of hydrogen-bond acceptors (Lipinski definition) is 2. The highest BCUT2D eigenvalue weighted by Crippen LogP contribution is 2.43. The summed E-state index contributed by atoms with van der Waals surface area (Å²) in [6.45, 7) is 4.20. The van der Waals surface area contributed by atoms with E-state index in [1.165, 1.54) is 11.1 Å². The molecular formula is C26H22Cl2N4S. The summed E-state index contributed by atoms with van der Waals surface area (Å²) in [5.41, 5.74) is 6.24. The van der Waals surface area contributed by atoms with Crippen LogP contribution in [0.25, 0.3) is 5.69 Å². The van der Waals surface area contributed by atoms with E-state index in [4.69, 9.17) is 35.4 Å². The largest absolute Gasteiger partial charge is 0.351 e. The molecule has 0 spiro atoms. The maximum Gasteiger partial charge on any atom is 0.174 e. The Bertz CT molecular complexity index is 1320. The Labute approximate surface area is 208 Å². The molecule has 5 rings (SSSR count). The van der Waals surface area contributed by atoms with Gasteiger partial charge in [0.05, 0.1) is 22.4 Å². The predicted octanol–water partition coefficient (Wildman–Crippen LogP) is 6.97. The van der Waals surface area contributed by atoms with E-state index < -0.39 is 0 Å². The highest BCUT2D eigenvalue weighted by Gasteiger charge is 2.42. The van der Waals surface area contributed by atoms with Crippen LogP contribution in [0.3, 0.4) is 0 Å².